The third-order valence-electron chi connectivity index (χ3n) is 3.72. The topological polar surface area (TPSA) is 20.2 Å². The van der Waals surface area contributed by atoms with Crippen LogP contribution in [0.3, 0.4) is 0 Å². The average Bonchev–Trinajstić information content (AvgIpc) is 2.46. The van der Waals surface area contributed by atoms with Crippen LogP contribution < -0.4 is 0 Å². The van der Waals surface area contributed by atoms with Gasteiger partial charge in [0.25, 0.3) is 0 Å². The quantitative estimate of drug-likeness (QED) is 0.625. The van der Waals surface area contributed by atoms with Gasteiger partial charge in [0.2, 0.25) is 0 Å². The van der Waals surface area contributed by atoms with Crippen molar-refractivity contribution < 1.29 is 5.11 Å². The zero-order valence-electron chi connectivity index (χ0n) is 11.5. The lowest BCUT2D eigenvalue weighted by molar-refractivity contribution is 0.221. The normalized spacial score (nSPS) is 12.6. The van der Waals surface area contributed by atoms with Crippen LogP contribution in [0.15, 0.2) is 59.1 Å². The molecule has 1 atom stereocenters. The zero-order chi connectivity index (χ0) is 15.0. The van der Waals surface area contributed by atoms with Gasteiger partial charge in [-0.1, -0.05) is 70.0 Å². The third-order valence-corrected chi connectivity index (χ3v) is 4.54. The minimum absolute atomic E-state index is 0.559. The molecule has 0 radical (unpaired) electrons. The third kappa shape index (κ3) is 2.71. The number of aliphatic hydroxyl groups is 1. The second kappa shape index (κ2) is 5.80. The molecule has 0 fully saturated rings. The maximum absolute atomic E-state index is 10.8. The summed E-state index contributed by atoms with van der Waals surface area (Å²) in [5, 5.41) is 13.6. The number of hydrogen-bond acceptors (Lipinski definition) is 1. The van der Waals surface area contributed by atoms with Gasteiger partial charge in [0.1, 0.15) is 6.10 Å². The second-order valence-corrected chi connectivity index (χ2v) is 6.41. The van der Waals surface area contributed by atoms with Crippen LogP contribution in [0.4, 0.5) is 0 Å². The monoisotopic (exact) mass is 360 g/mol. The fourth-order valence-electron chi connectivity index (χ4n) is 2.65. The van der Waals surface area contributed by atoms with Crippen molar-refractivity contribution in [1.82, 2.24) is 0 Å². The molecule has 1 unspecified atom stereocenters. The number of fused-ring (bicyclic) bond motifs is 1. The van der Waals surface area contributed by atoms with E-state index in [2.05, 4.69) is 22.0 Å². The molecular weight excluding hydrogens is 348 g/mol. The highest BCUT2D eigenvalue weighted by Gasteiger charge is 2.18. The molecule has 3 aromatic rings. The first-order valence-corrected chi connectivity index (χ1v) is 7.86. The van der Waals surface area contributed by atoms with Gasteiger partial charge in [-0.2, -0.15) is 0 Å². The van der Waals surface area contributed by atoms with Gasteiger partial charge in [0, 0.05) is 15.1 Å². The van der Waals surface area contributed by atoms with Gasteiger partial charge < -0.3 is 5.11 Å². The summed E-state index contributed by atoms with van der Waals surface area (Å²) in [6, 6.07) is 17.7. The van der Waals surface area contributed by atoms with Crippen LogP contribution in [0.5, 0.6) is 0 Å². The smallest absolute Gasteiger partial charge is 0.106 e. The Morgan fingerprint density at radius 2 is 1.81 bits per heavy atom. The summed E-state index contributed by atoms with van der Waals surface area (Å²) >= 11 is 9.68. The van der Waals surface area contributed by atoms with E-state index in [9.17, 15) is 5.11 Å². The summed E-state index contributed by atoms with van der Waals surface area (Å²) in [6.07, 6.45) is -0.739. The highest BCUT2D eigenvalue weighted by atomic mass is 79.9. The first kappa shape index (κ1) is 14.6. The van der Waals surface area contributed by atoms with Crippen molar-refractivity contribution >= 4 is 38.3 Å². The Balaban J connectivity index is 2.21. The fourth-order valence-corrected chi connectivity index (χ4v) is 3.42. The lowest BCUT2D eigenvalue weighted by Crippen LogP contribution is -2.04. The average molecular weight is 362 g/mol. The van der Waals surface area contributed by atoms with Crippen LogP contribution in [0.2, 0.25) is 5.02 Å². The molecule has 0 aliphatic carbocycles. The van der Waals surface area contributed by atoms with Crippen molar-refractivity contribution in [1.29, 1.82) is 0 Å². The highest BCUT2D eigenvalue weighted by molar-refractivity contribution is 9.10. The molecule has 3 rings (SSSR count). The number of aliphatic hydroxyl groups excluding tert-OH is 1. The molecule has 0 bridgehead atoms. The van der Waals surface area contributed by atoms with Gasteiger partial charge in [-0.15, -0.1) is 0 Å². The van der Waals surface area contributed by atoms with Crippen LogP contribution in [0.25, 0.3) is 10.8 Å². The minimum Gasteiger partial charge on any atom is -0.384 e. The first-order valence-electron chi connectivity index (χ1n) is 6.69. The molecule has 0 saturated heterocycles. The predicted molar refractivity (Wildman–Crippen MR) is 91.9 cm³/mol. The second-order valence-electron chi connectivity index (χ2n) is 5.09. The Kier molecular flexibility index (Phi) is 4.03. The summed E-state index contributed by atoms with van der Waals surface area (Å²) in [7, 11) is 0. The van der Waals surface area contributed by atoms with Crippen molar-refractivity contribution in [3.8, 4) is 0 Å². The van der Waals surface area contributed by atoms with E-state index in [0.29, 0.717) is 5.02 Å². The van der Waals surface area contributed by atoms with E-state index in [1.165, 1.54) is 0 Å². The Labute approximate surface area is 137 Å². The van der Waals surface area contributed by atoms with Crippen molar-refractivity contribution in [2.24, 2.45) is 0 Å². The highest BCUT2D eigenvalue weighted by Crippen LogP contribution is 2.35. The minimum atomic E-state index is -0.739. The SMILES string of the molecule is Cc1ccc2ccccc2c1C(O)c1ccc(Br)cc1Cl. The molecule has 3 aromatic carbocycles. The Bertz CT molecular complexity index is 813. The van der Waals surface area contributed by atoms with Crippen molar-refractivity contribution in [2.75, 3.05) is 0 Å². The summed E-state index contributed by atoms with van der Waals surface area (Å²) in [4.78, 5) is 0. The molecule has 1 nitrogen and oxygen atoms in total. The number of aryl methyl sites for hydroxylation is 1. The number of rotatable bonds is 2. The largest absolute Gasteiger partial charge is 0.384 e. The van der Waals surface area contributed by atoms with Crippen LogP contribution in [0.1, 0.15) is 22.8 Å². The number of halogens is 2. The molecule has 0 saturated carbocycles. The number of hydrogen-bond donors (Lipinski definition) is 1. The maximum atomic E-state index is 10.8. The molecule has 106 valence electrons. The fraction of sp³-hybridized carbons (Fsp3) is 0.111. The molecular formula is C18H14BrClO. The van der Waals surface area contributed by atoms with Gasteiger partial charge in [-0.05, 0) is 41.0 Å². The Hall–Kier alpha value is -1.35. The van der Waals surface area contributed by atoms with E-state index in [1.54, 1.807) is 6.07 Å². The summed E-state index contributed by atoms with van der Waals surface area (Å²) in [5.74, 6) is 0. The van der Waals surface area contributed by atoms with E-state index < -0.39 is 6.10 Å². The molecule has 0 amide bonds. The first-order chi connectivity index (χ1) is 10.1. The van der Waals surface area contributed by atoms with E-state index in [0.717, 1.165) is 31.9 Å². The Morgan fingerprint density at radius 3 is 2.57 bits per heavy atom. The van der Waals surface area contributed by atoms with Gasteiger partial charge in [0.05, 0.1) is 0 Å². The van der Waals surface area contributed by atoms with Gasteiger partial charge in [0.15, 0.2) is 0 Å². The van der Waals surface area contributed by atoms with Crippen LogP contribution >= 0.6 is 27.5 Å². The lowest BCUT2D eigenvalue weighted by atomic mass is 9.92. The maximum Gasteiger partial charge on any atom is 0.106 e. The van der Waals surface area contributed by atoms with E-state index in [4.69, 9.17) is 11.6 Å². The van der Waals surface area contributed by atoms with Crippen molar-refractivity contribution in [2.45, 2.75) is 13.0 Å². The standard InChI is InChI=1S/C18H14BrClO/c1-11-6-7-12-4-2-3-5-14(12)17(11)18(21)15-9-8-13(19)10-16(15)20/h2-10,18,21H,1H3. The molecule has 0 heterocycles. The summed E-state index contributed by atoms with van der Waals surface area (Å²) < 4.78 is 0.901. The van der Waals surface area contributed by atoms with Crippen LogP contribution in [-0.2, 0) is 0 Å². The molecule has 0 aliphatic rings. The van der Waals surface area contributed by atoms with Gasteiger partial charge >= 0.3 is 0 Å². The summed E-state index contributed by atoms with van der Waals surface area (Å²) in [5.41, 5.74) is 2.69. The molecule has 3 heteroatoms. The van der Waals surface area contributed by atoms with E-state index >= 15 is 0 Å². The lowest BCUT2D eigenvalue weighted by Gasteiger charge is -2.18. The Morgan fingerprint density at radius 1 is 1.05 bits per heavy atom. The van der Waals surface area contributed by atoms with Crippen LogP contribution in [0, 0.1) is 6.92 Å². The molecule has 0 aliphatic heterocycles. The molecule has 1 N–H and O–H groups in total. The zero-order valence-corrected chi connectivity index (χ0v) is 13.8. The summed E-state index contributed by atoms with van der Waals surface area (Å²) in [6.45, 7) is 2.01. The van der Waals surface area contributed by atoms with Crippen molar-refractivity contribution in [3.05, 3.63) is 80.8 Å². The predicted octanol–water partition coefficient (Wildman–Crippen LogP) is 5.65. The van der Waals surface area contributed by atoms with Gasteiger partial charge in [-0.25, -0.2) is 0 Å². The van der Waals surface area contributed by atoms with E-state index in [1.807, 2.05) is 49.4 Å². The van der Waals surface area contributed by atoms with E-state index in [-0.39, 0.29) is 0 Å². The van der Waals surface area contributed by atoms with Gasteiger partial charge in [-0.3, -0.25) is 0 Å². The van der Waals surface area contributed by atoms with Crippen LogP contribution in [-0.4, -0.2) is 5.11 Å². The molecule has 0 spiro atoms. The van der Waals surface area contributed by atoms with Crippen molar-refractivity contribution in [3.63, 3.8) is 0 Å². The molecule has 21 heavy (non-hydrogen) atoms. The number of benzene rings is 3. The molecule has 0 aromatic heterocycles.